The van der Waals surface area contributed by atoms with E-state index in [0.717, 1.165) is 33.5 Å². The number of hydrogen-bond acceptors (Lipinski definition) is 1. The standard InChI is InChI=1S/C20H16BrF5N2/c1-10-6-13-12-4-2-3-5-16(12)27-18(13)19(28(10)9-20(24,25)26)17-14(22)7-11(21)8-15(17)23/h2-5,7-8,10,19,27H,6,9H2,1H3/t10-,19-/m1/s1. The highest BCUT2D eigenvalue weighted by molar-refractivity contribution is 9.10. The Bertz CT molecular complexity index is 1020. The van der Waals surface area contributed by atoms with E-state index in [-0.39, 0.29) is 10.0 Å². The molecule has 0 saturated heterocycles. The summed E-state index contributed by atoms with van der Waals surface area (Å²) in [5, 5.41) is 0.860. The number of H-pyrrole nitrogens is 1. The first-order valence-electron chi connectivity index (χ1n) is 8.72. The van der Waals surface area contributed by atoms with E-state index < -0.39 is 36.4 Å². The summed E-state index contributed by atoms with van der Waals surface area (Å²) >= 11 is 3.03. The highest BCUT2D eigenvalue weighted by atomic mass is 79.9. The number of para-hydroxylation sites is 1. The van der Waals surface area contributed by atoms with Gasteiger partial charge in [0.15, 0.2) is 0 Å². The topological polar surface area (TPSA) is 19.0 Å². The van der Waals surface area contributed by atoms with E-state index in [4.69, 9.17) is 0 Å². The SMILES string of the molecule is C[C@@H]1Cc2c([nH]c3ccccc23)[C@@H](c2c(F)cc(Br)cc2F)N1CC(F)(F)F. The minimum absolute atomic E-state index is 0.189. The van der Waals surface area contributed by atoms with Gasteiger partial charge in [-0.25, -0.2) is 8.78 Å². The zero-order chi connectivity index (χ0) is 20.2. The van der Waals surface area contributed by atoms with Crippen LogP contribution in [0.15, 0.2) is 40.9 Å². The second-order valence-electron chi connectivity index (χ2n) is 7.09. The molecule has 2 nitrogen and oxygen atoms in total. The number of hydrogen-bond donors (Lipinski definition) is 1. The smallest absolute Gasteiger partial charge is 0.357 e. The third kappa shape index (κ3) is 3.33. The van der Waals surface area contributed by atoms with Crippen LogP contribution in [-0.4, -0.2) is 28.6 Å². The molecule has 3 aromatic rings. The summed E-state index contributed by atoms with van der Waals surface area (Å²) in [6.45, 7) is 0.390. The summed E-state index contributed by atoms with van der Waals surface area (Å²) in [5.41, 5.74) is 1.56. The zero-order valence-electron chi connectivity index (χ0n) is 14.7. The third-order valence-corrected chi connectivity index (χ3v) is 5.65. The van der Waals surface area contributed by atoms with Gasteiger partial charge in [0, 0.05) is 32.7 Å². The van der Waals surface area contributed by atoms with Crippen LogP contribution in [0.1, 0.15) is 29.8 Å². The van der Waals surface area contributed by atoms with Crippen molar-refractivity contribution in [3.8, 4) is 0 Å². The summed E-state index contributed by atoms with van der Waals surface area (Å²) in [6.07, 6.45) is -4.15. The van der Waals surface area contributed by atoms with Crippen molar-refractivity contribution in [2.75, 3.05) is 6.54 Å². The van der Waals surface area contributed by atoms with E-state index in [1.54, 1.807) is 19.1 Å². The zero-order valence-corrected chi connectivity index (χ0v) is 16.3. The fourth-order valence-electron chi connectivity index (χ4n) is 4.09. The minimum Gasteiger partial charge on any atom is -0.357 e. The first-order valence-corrected chi connectivity index (χ1v) is 9.51. The van der Waals surface area contributed by atoms with Crippen molar-refractivity contribution < 1.29 is 22.0 Å². The molecule has 2 atom stereocenters. The molecule has 0 bridgehead atoms. The molecule has 1 aliphatic heterocycles. The molecule has 0 saturated carbocycles. The van der Waals surface area contributed by atoms with E-state index in [2.05, 4.69) is 20.9 Å². The lowest BCUT2D eigenvalue weighted by atomic mass is 9.88. The Balaban J connectivity index is 1.98. The van der Waals surface area contributed by atoms with Crippen molar-refractivity contribution in [2.24, 2.45) is 0 Å². The lowest BCUT2D eigenvalue weighted by Crippen LogP contribution is -2.47. The van der Waals surface area contributed by atoms with Crippen LogP contribution in [0.4, 0.5) is 22.0 Å². The number of aromatic amines is 1. The van der Waals surface area contributed by atoms with Gasteiger partial charge in [-0.1, -0.05) is 34.1 Å². The van der Waals surface area contributed by atoms with Crippen molar-refractivity contribution in [2.45, 2.75) is 31.6 Å². The molecule has 0 amide bonds. The van der Waals surface area contributed by atoms with Gasteiger partial charge in [-0.3, -0.25) is 4.90 Å². The van der Waals surface area contributed by atoms with Gasteiger partial charge < -0.3 is 4.98 Å². The van der Waals surface area contributed by atoms with Crippen LogP contribution in [-0.2, 0) is 6.42 Å². The molecule has 8 heteroatoms. The van der Waals surface area contributed by atoms with Gasteiger partial charge in [0.05, 0.1) is 12.6 Å². The first-order chi connectivity index (χ1) is 13.2. The number of alkyl halides is 3. The molecular weight excluding hydrogens is 443 g/mol. The van der Waals surface area contributed by atoms with Crippen LogP contribution in [0.5, 0.6) is 0 Å². The molecule has 0 fully saturated rings. The summed E-state index contributed by atoms with van der Waals surface area (Å²) < 4.78 is 69.7. The summed E-state index contributed by atoms with van der Waals surface area (Å²) in [4.78, 5) is 4.23. The highest BCUT2D eigenvalue weighted by Gasteiger charge is 2.43. The molecule has 1 aliphatic rings. The van der Waals surface area contributed by atoms with Gasteiger partial charge in [-0.2, -0.15) is 13.2 Å². The van der Waals surface area contributed by atoms with Crippen molar-refractivity contribution in [1.29, 1.82) is 0 Å². The van der Waals surface area contributed by atoms with Crippen LogP contribution >= 0.6 is 15.9 Å². The maximum atomic E-state index is 14.8. The second-order valence-corrected chi connectivity index (χ2v) is 8.00. The number of rotatable bonds is 2. The molecule has 28 heavy (non-hydrogen) atoms. The molecular formula is C20H16BrF5N2. The predicted octanol–water partition coefficient (Wildman–Crippen LogP) is 6.11. The minimum atomic E-state index is -4.50. The Hall–Kier alpha value is -1.93. The lowest BCUT2D eigenvalue weighted by Gasteiger charge is -2.41. The first kappa shape index (κ1) is 19.4. The van der Waals surface area contributed by atoms with Crippen molar-refractivity contribution in [3.63, 3.8) is 0 Å². The number of aromatic nitrogens is 1. The maximum absolute atomic E-state index is 14.8. The number of halogens is 6. The van der Waals surface area contributed by atoms with Gasteiger partial charge in [0.2, 0.25) is 0 Å². The van der Waals surface area contributed by atoms with E-state index in [0.29, 0.717) is 12.1 Å². The van der Waals surface area contributed by atoms with Gasteiger partial charge in [0.1, 0.15) is 11.6 Å². The molecule has 148 valence electrons. The fourth-order valence-corrected chi connectivity index (χ4v) is 4.49. The summed E-state index contributed by atoms with van der Waals surface area (Å²) in [7, 11) is 0. The molecule has 0 aliphatic carbocycles. The van der Waals surface area contributed by atoms with Gasteiger partial charge in [0.25, 0.3) is 0 Å². The monoisotopic (exact) mass is 458 g/mol. The maximum Gasteiger partial charge on any atom is 0.401 e. The largest absolute Gasteiger partial charge is 0.401 e. The highest BCUT2D eigenvalue weighted by Crippen LogP contribution is 2.43. The molecule has 0 unspecified atom stereocenters. The third-order valence-electron chi connectivity index (χ3n) is 5.20. The van der Waals surface area contributed by atoms with Crippen LogP contribution in [0, 0.1) is 11.6 Å². The molecule has 0 spiro atoms. The molecule has 2 heterocycles. The van der Waals surface area contributed by atoms with Crippen molar-refractivity contribution in [3.05, 3.63) is 69.3 Å². The molecule has 0 radical (unpaired) electrons. The number of benzene rings is 2. The Labute approximate surface area is 166 Å². The van der Waals surface area contributed by atoms with Crippen molar-refractivity contribution >= 4 is 26.8 Å². The Kier molecular flexibility index (Phi) is 4.74. The molecule has 1 aromatic heterocycles. The Morgan fingerprint density at radius 3 is 2.43 bits per heavy atom. The number of nitrogens with zero attached hydrogens (tertiary/aromatic N) is 1. The van der Waals surface area contributed by atoms with Crippen LogP contribution in [0.3, 0.4) is 0 Å². The number of nitrogens with one attached hydrogen (secondary N) is 1. The molecule has 4 rings (SSSR count). The van der Waals surface area contributed by atoms with Crippen LogP contribution < -0.4 is 0 Å². The Morgan fingerprint density at radius 1 is 1.14 bits per heavy atom. The summed E-state index contributed by atoms with van der Waals surface area (Å²) in [5.74, 6) is -1.77. The normalized spacial score (nSPS) is 20.5. The quantitative estimate of drug-likeness (QED) is 0.459. The van der Waals surface area contributed by atoms with Gasteiger partial charge >= 0.3 is 6.18 Å². The average Bonchev–Trinajstić information content (AvgIpc) is 2.94. The lowest BCUT2D eigenvalue weighted by molar-refractivity contribution is -0.155. The van der Waals surface area contributed by atoms with E-state index in [1.807, 2.05) is 12.1 Å². The van der Waals surface area contributed by atoms with E-state index in [9.17, 15) is 22.0 Å². The Morgan fingerprint density at radius 2 is 1.79 bits per heavy atom. The van der Waals surface area contributed by atoms with Crippen LogP contribution in [0.25, 0.3) is 10.9 Å². The second kappa shape index (κ2) is 6.84. The van der Waals surface area contributed by atoms with E-state index >= 15 is 0 Å². The molecule has 2 aromatic carbocycles. The van der Waals surface area contributed by atoms with Gasteiger partial charge in [-0.15, -0.1) is 0 Å². The van der Waals surface area contributed by atoms with E-state index in [1.165, 1.54) is 0 Å². The predicted molar refractivity (Wildman–Crippen MR) is 100 cm³/mol. The van der Waals surface area contributed by atoms with Crippen molar-refractivity contribution in [1.82, 2.24) is 9.88 Å². The number of fused-ring (bicyclic) bond motifs is 3. The van der Waals surface area contributed by atoms with Crippen LogP contribution in [0.2, 0.25) is 0 Å². The molecule has 1 N–H and O–H groups in total. The average molecular weight is 459 g/mol. The van der Waals surface area contributed by atoms with Gasteiger partial charge in [-0.05, 0) is 37.1 Å². The fraction of sp³-hybridized carbons (Fsp3) is 0.300. The summed E-state index contributed by atoms with van der Waals surface area (Å²) in [6, 6.07) is 7.69.